The summed E-state index contributed by atoms with van der Waals surface area (Å²) in [5, 5.41) is 4.34. The molecule has 0 spiro atoms. The zero-order valence-corrected chi connectivity index (χ0v) is 14.2. The van der Waals surface area contributed by atoms with Crippen LogP contribution in [-0.2, 0) is 16.6 Å². The van der Waals surface area contributed by atoms with E-state index in [9.17, 15) is 8.42 Å². The fourth-order valence-electron chi connectivity index (χ4n) is 1.88. The van der Waals surface area contributed by atoms with Crippen molar-refractivity contribution in [3.63, 3.8) is 0 Å². The largest absolute Gasteiger partial charge is 0.380 e. The van der Waals surface area contributed by atoms with E-state index in [0.29, 0.717) is 11.4 Å². The van der Waals surface area contributed by atoms with Gasteiger partial charge in [0.1, 0.15) is 0 Å². The molecule has 1 heterocycles. The van der Waals surface area contributed by atoms with E-state index < -0.39 is 10.0 Å². The van der Waals surface area contributed by atoms with Crippen LogP contribution >= 0.6 is 11.3 Å². The average Bonchev–Trinajstić information content (AvgIpc) is 2.75. The first kappa shape index (κ1) is 15.9. The molecule has 0 radical (unpaired) electrons. The van der Waals surface area contributed by atoms with E-state index in [0.717, 1.165) is 16.4 Å². The number of rotatable bonds is 5. The topological polar surface area (TPSA) is 62.3 Å². The normalized spacial score (nSPS) is 11.9. The van der Waals surface area contributed by atoms with Crippen LogP contribution in [0.4, 0.5) is 5.69 Å². The summed E-state index contributed by atoms with van der Waals surface area (Å²) in [6.45, 7) is 4.67. The molecule has 0 aliphatic heterocycles. The third-order valence-corrected chi connectivity index (χ3v) is 5.99. The molecule has 0 saturated carbocycles. The molecule has 0 fully saturated rings. The molecule has 0 amide bonds. The van der Waals surface area contributed by atoms with Gasteiger partial charge in [-0.3, -0.25) is 0 Å². The van der Waals surface area contributed by atoms with Crippen LogP contribution in [0.2, 0.25) is 0 Å². The molecule has 0 aliphatic rings. The van der Waals surface area contributed by atoms with Gasteiger partial charge >= 0.3 is 0 Å². The molecule has 2 aromatic rings. The Morgan fingerprint density at radius 3 is 2.29 bits per heavy atom. The van der Waals surface area contributed by atoms with Crippen molar-refractivity contribution in [3.8, 4) is 0 Å². The molecular weight excluding hydrogens is 306 g/mol. The number of sulfonamides is 1. The van der Waals surface area contributed by atoms with Crippen molar-refractivity contribution in [2.75, 3.05) is 19.4 Å². The number of benzene rings is 1. The van der Waals surface area contributed by atoms with Gasteiger partial charge in [0.2, 0.25) is 10.0 Å². The first-order valence-electron chi connectivity index (χ1n) is 6.50. The van der Waals surface area contributed by atoms with Gasteiger partial charge in [-0.15, -0.1) is 11.3 Å². The summed E-state index contributed by atoms with van der Waals surface area (Å²) in [5.41, 5.74) is 1.93. The van der Waals surface area contributed by atoms with Crippen LogP contribution in [0.1, 0.15) is 15.6 Å². The van der Waals surface area contributed by atoms with Crippen LogP contribution < -0.4 is 5.32 Å². The van der Waals surface area contributed by atoms with Gasteiger partial charge in [0, 0.05) is 24.7 Å². The Morgan fingerprint density at radius 1 is 1.19 bits per heavy atom. The highest BCUT2D eigenvalue weighted by atomic mass is 32.2. The summed E-state index contributed by atoms with van der Waals surface area (Å²) in [6.07, 6.45) is 0. The summed E-state index contributed by atoms with van der Waals surface area (Å²) in [5.74, 6) is 0. The standard InChI is InChI=1S/C14H19N3O2S2/c1-10-14(20-11(2)16-10)9-15-12-5-7-13(8-6-12)21(18,19)17(3)4/h5-8,15H,9H2,1-4H3. The van der Waals surface area contributed by atoms with E-state index in [2.05, 4.69) is 10.3 Å². The first-order chi connectivity index (χ1) is 9.80. The van der Waals surface area contributed by atoms with Crippen molar-refractivity contribution in [2.45, 2.75) is 25.3 Å². The molecule has 114 valence electrons. The van der Waals surface area contributed by atoms with Gasteiger partial charge in [-0.1, -0.05) is 0 Å². The molecular formula is C14H19N3O2S2. The molecule has 0 bridgehead atoms. The molecule has 2 rings (SSSR count). The summed E-state index contributed by atoms with van der Waals surface area (Å²) >= 11 is 1.67. The molecule has 1 N–H and O–H groups in total. The number of nitrogens with zero attached hydrogens (tertiary/aromatic N) is 2. The van der Waals surface area contributed by atoms with Gasteiger partial charge < -0.3 is 5.32 Å². The fourth-order valence-corrected chi connectivity index (χ4v) is 3.65. The second kappa shape index (κ2) is 6.13. The maximum atomic E-state index is 12.0. The highest BCUT2D eigenvalue weighted by Gasteiger charge is 2.16. The minimum Gasteiger partial charge on any atom is -0.380 e. The quantitative estimate of drug-likeness (QED) is 0.918. The van der Waals surface area contributed by atoms with Gasteiger partial charge in [-0.05, 0) is 38.1 Å². The lowest BCUT2D eigenvalue weighted by molar-refractivity contribution is 0.521. The van der Waals surface area contributed by atoms with Gasteiger partial charge in [0.15, 0.2) is 0 Å². The average molecular weight is 325 g/mol. The van der Waals surface area contributed by atoms with Crippen molar-refractivity contribution < 1.29 is 8.42 Å². The van der Waals surface area contributed by atoms with Crippen LogP contribution in [0.15, 0.2) is 29.2 Å². The lowest BCUT2D eigenvalue weighted by Crippen LogP contribution is -2.22. The Morgan fingerprint density at radius 2 is 1.81 bits per heavy atom. The molecule has 21 heavy (non-hydrogen) atoms. The number of hydrogen-bond donors (Lipinski definition) is 1. The predicted molar refractivity (Wildman–Crippen MR) is 86.2 cm³/mol. The van der Waals surface area contributed by atoms with Crippen molar-refractivity contribution >= 4 is 27.0 Å². The molecule has 0 saturated heterocycles. The highest BCUT2D eigenvalue weighted by Crippen LogP contribution is 2.20. The minimum atomic E-state index is -3.37. The van der Waals surface area contributed by atoms with Gasteiger partial charge in [0.25, 0.3) is 0 Å². The number of anilines is 1. The van der Waals surface area contributed by atoms with Crippen LogP contribution in [0.3, 0.4) is 0 Å². The Bertz CT molecular complexity index is 719. The van der Waals surface area contributed by atoms with E-state index in [1.165, 1.54) is 23.3 Å². The van der Waals surface area contributed by atoms with Gasteiger partial charge in [-0.25, -0.2) is 17.7 Å². The zero-order valence-electron chi connectivity index (χ0n) is 12.5. The first-order valence-corrected chi connectivity index (χ1v) is 8.75. The highest BCUT2D eigenvalue weighted by molar-refractivity contribution is 7.89. The van der Waals surface area contributed by atoms with E-state index in [1.807, 2.05) is 13.8 Å². The number of thiazole rings is 1. The van der Waals surface area contributed by atoms with Crippen molar-refractivity contribution in [1.29, 1.82) is 0 Å². The van der Waals surface area contributed by atoms with E-state index in [-0.39, 0.29) is 0 Å². The minimum absolute atomic E-state index is 0.294. The summed E-state index contributed by atoms with van der Waals surface area (Å²) in [6, 6.07) is 6.78. The maximum Gasteiger partial charge on any atom is 0.242 e. The summed E-state index contributed by atoms with van der Waals surface area (Å²) in [7, 11) is -0.318. The maximum absolute atomic E-state index is 12.0. The monoisotopic (exact) mass is 325 g/mol. The molecule has 7 heteroatoms. The lowest BCUT2D eigenvalue weighted by Gasteiger charge is -2.12. The molecule has 0 atom stereocenters. The van der Waals surface area contributed by atoms with E-state index in [4.69, 9.17) is 0 Å². The van der Waals surface area contributed by atoms with E-state index >= 15 is 0 Å². The smallest absolute Gasteiger partial charge is 0.242 e. The fraction of sp³-hybridized carbons (Fsp3) is 0.357. The molecule has 0 aliphatic carbocycles. The predicted octanol–water partition coefficient (Wildman–Crippen LogP) is 2.62. The zero-order chi connectivity index (χ0) is 15.6. The summed E-state index contributed by atoms with van der Waals surface area (Å²) < 4.78 is 25.1. The molecule has 1 aromatic heterocycles. The lowest BCUT2D eigenvalue weighted by atomic mass is 10.3. The Balaban J connectivity index is 2.08. The van der Waals surface area contributed by atoms with Crippen LogP contribution in [0.25, 0.3) is 0 Å². The van der Waals surface area contributed by atoms with Crippen molar-refractivity contribution in [3.05, 3.63) is 39.8 Å². The third-order valence-electron chi connectivity index (χ3n) is 3.09. The number of hydrogen-bond acceptors (Lipinski definition) is 5. The number of aromatic nitrogens is 1. The van der Waals surface area contributed by atoms with Gasteiger partial charge in [-0.2, -0.15) is 0 Å². The van der Waals surface area contributed by atoms with Crippen molar-refractivity contribution in [2.24, 2.45) is 0 Å². The van der Waals surface area contributed by atoms with Crippen molar-refractivity contribution in [1.82, 2.24) is 9.29 Å². The molecule has 0 unspecified atom stereocenters. The molecule has 1 aromatic carbocycles. The van der Waals surface area contributed by atoms with Gasteiger partial charge in [0.05, 0.1) is 22.1 Å². The third kappa shape index (κ3) is 3.61. The Labute approximate surface area is 129 Å². The Hall–Kier alpha value is -1.44. The van der Waals surface area contributed by atoms with Crippen LogP contribution in [-0.4, -0.2) is 31.8 Å². The number of aryl methyl sites for hydroxylation is 2. The Kier molecular flexibility index (Phi) is 4.65. The summed E-state index contributed by atoms with van der Waals surface area (Å²) in [4.78, 5) is 5.87. The number of nitrogens with one attached hydrogen (secondary N) is 1. The SMILES string of the molecule is Cc1nc(C)c(CNc2ccc(S(=O)(=O)N(C)C)cc2)s1. The second-order valence-electron chi connectivity index (χ2n) is 4.91. The van der Waals surface area contributed by atoms with E-state index in [1.54, 1.807) is 35.6 Å². The van der Waals surface area contributed by atoms with Crippen LogP contribution in [0, 0.1) is 13.8 Å². The van der Waals surface area contributed by atoms with Crippen LogP contribution in [0.5, 0.6) is 0 Å². The molecule has 5 nitrogen and oxygen atoms in total. The second-order valence-corrected chi connectivity index (χ2v) is 8.35.